The first-order valence-electron chi connectivity index (χ1n) is 3.86. The summed E-state index contributed by atoms with van der Waals surface area (Å²) in [7, 11) is 0. The average molecular weight is 328 g/mol. The molecule has 1 aromatic rings. The van der Waals surface area contributed by atoms with Crippen molar-refractivity contribution in [1.29, 1.82) is 0 Å². The first-order chi connectivity index (χ1) is 6.93. The summed E-state index contributed by atoms with van der Waals surface area (Å²) in [5, 5.41) is 8.56. The summed E-state index contributed by atoms with van der Waals surface area (Å²) < 4.78 is 25.5. The molecule has 0 atom stereocenters. The van der Waals surface area contributed by atoms with E-state index >= 15 is 0 Å². The van der Waals surface area contributed by atoms with Crippen molar-refractivity contribution in [3.8, 4) is 0 Å². The lowest BCUT2D eigenvalue weighted by molar-refractivity contribution is -0.136. The Labute approximate surface area is 97.6 Å². The molecule has 0 aliphatic rings. The normalized spacial score (nSPS) is 10.7. The number of nitrogen functional groups attached to an aromatic ring is 1. The van der Waals surface area contributed by atoms with Gasteiger partial charge in [0.05, 0.1) is 6.42 Å². The lowest BCUT2D eigenvalue weighted by Gasteiger charge is -2.10. The Morgan fingerprint density at radius 1 is 1.67 bits per heavy atom. The molecule has 82 valence electrons. The van der Waals surface area contributed by atoms with Gasteiger partial charge < -0.3 is 10.8 Å². The Kier molecular flexibility index (Phi) is 3.77. The van der Waals surface area contributed by atoms with Gasteiger partial charge in [0.15, 0.2) is 0 Å². The SMILES string of the molecule is Nc1ncc(I)c(C(F)F)c1CC(=O)O. The number of anilines is 1. The summed E-state index contributed by atoms with van der Waals surface area (Å²) in [4.78, 5) is 14.1. The van der Waals surface area contributed by atoms with Crippen LogP contribution in [0.15, 0.2) is 6.20 Å². The van der Waals surface area contributed by atoms with Crippen molar-refractivity contribution in [3.05, 3.63) is 20.9 Å². The third-order valence-corrected chi connectivity index (χ3v) is 2.61. The van der Waals surface area contributed by atoms with Crippen molar-refractivity contribution in [2.45, 2.75) is 12.8 Å². The molecule has 7 heteroatoms. The van der Waals surface area contributed by atoms with Gasteiger partial charge in [-0.25, -0.2) is 13.8 Å². The molecule has 1 rings (SSSR count). The third-order valence-electron chi connectivity index (χ3n) is 1.75. The van der Waals surface area contributed by atoms with E-state index in [1.165, 1.54) is 6.20 Å². The quantitative estimate of drug-likeness (QED) is 0.830. The molecule has 0 spiro atoms. The zero-order valence-electron chi connectivity index (χ0n) is 7.38. The van der Waals surface area contributed by atoms with E-state index in [1.807, 2.05) is 0 Å². The van der Waals surface area contributed by atoms with Crippen LogP contribution >= 0.6 is 22.6 Å². The van der Waals surface area contributed by atoms with Crippen LogP contribution in [0.5, 0.6) is 0 Å². The highest BCUT2D eigenvalue weighted by Crippen LogP contribution is 2.30. The van der Waals surface area contributed by atoms with Gasteiger partial charge in [0.2, 0.25) is 0 Å². The van der Waals surface area contributed by atoms with Crippen LogP contribution in [0, 0.1) is 3.57 Å². The topological polar surface area (TPSA) is 76.2 Å². The smallest absolute Gasteiger partial charge is 0.307 e. The zero-order valence-corrected chi connectivity index (χ0v) is 9.53. The van der Waals surface area contributed by atoms with Gasteiger partial charge in [-0.1, -0.05) is 0 Å². The fraction of sp³-hybridized carbons (Fsp3) is 0.250. The number of hydrogen-bond donors (Lipinski definition) is 2. The Hall–Kier alpha value is -0.990. The summed E-state index contributed by atoms with van der Waals surface area (Å²) in [6, 6.07) is 0. The standard InChI is InChI=1S/C8H7F2IN2O2/c9-7(10)6-3(1-5(14)15)8(12)13-2-4(6)11/h2,7H,1H2,(H2,12,13)(H,14,15). The highest BCUT2D eigenvalue weighted by atomic mass is 127. The lowest BCUT2D eigenvalue weighted by Crippen LogP contribution is -2.10. The monoisotopic (exact) mass is 328 g/mol. The molecule has 0 bridgehead atoms. The van der Waals surface area contributed by atoms with Crippen LogP contribution in [-0.2, 0) is 11.2 Å². The van der Waals surface area contributed by atoms with Crippen molar-refractivity contribution in [1.82, 2.24) is 4.98 Å². The first kappa shape index (κ1) is 12.1. The number of halogens is 3. The number of rotatable bonds is 3. The van der Waals surface area contributed by atoms with Gasteiger partial charge >= 0.3 is 5.97 Å². The number of nitrogens with two attached hydrogens (primary N) is 1. The van der Waals surface area contributed by atoms with Gasteiger partial charge in [0.25, 0.3) is 6.43 Å². The maximum atomic E-state index is 12.6. The number of carbonyl (C=O) groups is 1. The molecule has 3 N–H and O–H groups in total. The maximum Gasteiger partial charge on any atom is 0.307 e. The molecule has 0 saturated heterocycles. The van der Waals surface area contributed by atoms with Crippen molar-refractivity contribution in [3.63, 3.8) is 0 Å². The number of hydrogen-bond acceptors (Lipinski definition) is 3. The summed E-state index contributed by atoms with van der Waals surface area (Å²) >= 11 is 1.67. The summed E-state index contributed by atoms with van der Waals surface area (Å²) in [5.41, 5.74) is 4.92. The van der Waals surface area contributed by atoms with Crippen LogP contribution in [0.4, 0.5) is 14.6 Å². The predicted octanol–water partition coefficient (Wildman–Crippen LogP) is 1.83. The molecule has 0 aliphatic carbocycles. The van der Waals surface area contributed by atoms with Crippen LogP contribution in [0.25, 0.3) is 0 Å². The highest BCUT2D eigenvalue weighted by Gasteiger charge is 2.21. The van der Waals surface area contributed by atoms with E-state index in [-0.39, 0.29) is 20.5 Å². The molecular weight excluding hydrogens is 321 g/mol. The molecule has 0 fully saturated rings. The minimum atomic E-state index is -2.75. The molecule has 1 aromatic heterocycles. The van der Waals surface area contributed by atoms with Crippen LogP contribution in [0.3, 0.4) is 0 Å². The molecule has 0 aliphatic heterocycles. The average Bonchev–Trinajstić information content (AvgIpc) is 2.10. The van der Waals surface area contributed by atoms with Crippen LogP contribution < -0.4 is 5.73 Å². The number of carboxylic acids is 1. The van der Waals surface area contributed by atoms with E-state index in [2.05, 4.69) is 4.98 Å². The molecule has 0 amide bonds. The van der Waals surface area contributed by atoms with Gasteiger partial charge in [-0.3, -0.25) is 4.79 Å². The highest BCUT2D eigenvalue weighted by molar-refractivity contribution is 14.1. The van der Waals surface area contributed by atoms with Crippen molar-refractivity contribution < 1.29 is 18.7 Å². The molecular formula is C8H7F2IN2O2. The van der Waals surface area contributed by atoms with E-state index in [9.17, 15) is 13.6 Å². The second-order valence-corrected chi connectivity index (χ2v) is 3.92. The number of nitrogens with zero attached hydrogens (tertiary/aromatic N) is 1. The van der Waals surface area contributed by atoms with Crippen LogP contribution in [-0.4, -0.2) is 16.1 Å². The van der Waals surface area contributed by atoms with Gasteiger partial charge in [-0.05, 0) is 22.6 Å². The summed E-state index contributed by atoms with van der Waals surface area (Å²) in [5.74, 6) is -1.37. The number of alkyl halides is 2. The Morgan fingerprint density at radius 2 is 2.27 bits per heavy atom. The van der Waals surface area contributed by atoms with Gasteiger partial charge in [-0.15, -0.1) is 0 Å². The molecule has 1 heterocycles. The van der Waals surface area contributed by atoms with Crippen molar-refractivity contribution >= 4 is 34.4 Å². The Balaban J connectivity index is 3.31. The molecule has 15 heavy (non-hydrogen) atoms. The first-order valence-corrected chi connectivity index (χ1v) is 4.94. The van der Waals surface area contributed by atoms with E-state index in [0.29, 0.717) is 0 Å². The molecule has 0 saturated carbocycles. The van der Waals surface area contributed by atoms with Crippen molar-refractivity contribution in [2.24, 2.45) is 0 Å². The molecule has 0 unspecified atom stereocenters. The van der Waals surface area contributed by atoms with E-state index in [0.717, 1.165) is 0 Å². The number of pyridine rings is 1. The number of aromatic nitrogens is 1. The Morgan fingerprint density at radius 3 is 2.73 bits per heavy atom. The number of aliphatic carboxylic acids is 1. The minimum Gasteiger partial charge on any atom is -0.481 e. The molecule has 4 nitrogen and oxygen atoms in total. The van der Waals surface area contributed by atoms with Crippen LogP contribution in [0.1, 0.15) is 17.6 Å². The Bertz CT molecular complexity index is 398. The van der Waals surface area contributed by atoms with Crippen molar-refractivity contribution in [2.75, 3.05) is 5.73 Å². The fourth-order valence-corrected chi connectivity index (χ4v) is 1.83. The summed E-state index contributed by atoms with van der Waals surface area (Å²) in [6.07, 6.45) is -2.10. The van der Waals surface area contributed by atoms with E-state index < -0.39 is 18.8 Å². The molecule has 0 radical (unpaired) electrons. The molecule has 0 aromatic carbocycles. The second-order valence-electron chi connectivity index (χ2n) is 2.75. The van der Waals surface area contributed by atoms with Gasteiger partial charge in [-0.2, -0.15) is 0 Å². The largest absolute Gasteiger partial charge is 0.481 e. The minimum absolute atomic E-state index is 0.107. The zero-order chi connectivity index (χ0) is 11.6. The number of carboxylic acid groups (broad SMARTS) is 1. The fourth-order valence-electron chi connectivity index (χ4n) is 1.13. The lowest BCUT2D eigenvalue weighted by atomic mass is 10.1. The van der Waals surface area contributed by atoms with E-state index in [4.69, 9.17) is 10.8 Å². The predicted molar refractivity (Wildman–Crippen MR) is 57.7 cm³/mol. The second kappa shape index (κ2) is 4.69. The van der Waals surface area contributed by atoms with Gasteiger partial charge in [0, 0.05) is 20.9 Å². The van der Waals surface area contributed by atoms with Gasteiger partial charge in [0.1, 0.15) is 5.82 Å². The third kappa shape index (κ3) is 2.74. The van der Waals surface area contributed by atoms with Crippen LogP contribution in [0.2, 0.25) is 0 Å². The summed E-state index contributed by atoms with van der Waals surface area (Å²) in [6.45, 7) is 0. The maximum absolute atomic E-state index is 12.6. The van der Waals surface area contributed by atoms with E-state index in [1.54, 1.807) is 22.6 Å².